The maximum Gasteiger partial charge on any atom is 0.242 e. The minimum absolute atomic E-state index is 0.00550. The molecule has 3 rings (SSSR count). The van der Waals surface area contributed by atoms with Gasteiger partial charge < -0.3 is 19.3 Å². The van der Waals surface area contributed by atoms with Gasteiger partial charge in [0.15, 0.2) is 11.5 Å². The second kappa shape index (κ2) is 7.98. The van der Waals surface area contributed by atoms with Gasteiger partial charge in [0.1, 0.15) is 6.54 Å². The van der Waals surface area contributed by atoms with Crippen LogP contribution in [0.25, 0.3) is 0 Å². The second-order valence-corrected chi connectivity index (χ2v) is 7.13. The summed E-state index contributed by atoms with van der Waals surface area (Å²) in [5.74, 6) is 1.41. The monoisotopic (exact) mass is 360 g/mol. The SMILES string of the molecule is COc1cc2c(cc1OC)CN(C(=O)CN(C(C)=O)C1CCCC1)CC2. The van der Waals surface area contributed by atoms with Crippen molar-refractivity contribution in [3.63, 3.8) is 0 Å². The zero-order chi connectivity index (χ0) is 18.7. The van der Waals surface area contributed by atoms with Crippen LogP contribution in [-0.4, -0.2) is 55.0 Å². The van der Waals surface area contributed by atoms with E-state index in [9.17, 15) is 9.59 Å². The maximum absolute atomic E-state index is 12.8. The van der Waals surface area contributed by atoms with E-state index in [1.165, 1.54) is 5.56 Å². The van der Waals surface area contributed by atoms with Crippen molar-refractivity contribution in [2.24, 2.45) is 0 Å². The van der Waals surface area contributed by atoms with E-state index in [4.69, 9.17) is 9.47 Å². The zero-order valence-electron chi connectivity index (χ0n) is 15.9. The van der Waals surface area contributed by atoms with Crippen LogP contribution >= 0.6 is 0 Å². The quantitative estimate of drug-likeness (QED) is 0.809. The molecule has 6 nitrogen and oxygen atoms in total. The molecule has 0 saturated heterocycles. The third-order valence-corrected chi connectivity index (χ3v) is 5.55. The molecule has 142 valence electrons. The van der Waals surface area contributed by atoms with Crippen molar-refractivity contribution in [3.05, 3.63) is 23.3 Å². The van der Waals surface area contributed by atoms with E-state index in [2.05, 4.69) is 0 Å². The van der Waals surface area contributed by atoms with E-state index in [0.29, 0.717) is 18.8 Å². The van der Waals surface area contributed by atoms with E-state index >= 15 is 0 Å². The Hall–Kier alpha value is -2.24. The molecule has 1 saturated carbocycles. The lowest BCUT2D eigenvalue weighted by atomic mass is 9.98. The lowest BCUT2D eigenvalue weighted by Crippen LogP contribution is -2.47. The van der Waals surface area contributed by atoms with Crippen LogP contribution < -0.4 is 9.47 Å². The van der Waals surface area contributed by atoms with Crippen LogP contribution in [0, 0.1) is 0 Å². The van der Waals surface area contributed by atoms with Gasteiger partial charge in [-0.25, -0.2) is 0 Å². The summed E-state index contributed by atoms with van der Waals surface area (Å²) in [5, 5.41) is 0. The number of ether oxygens (including phenoxy) is 2. The molecule has 1 aromatic carbocycles. The van der Waals surface area contributed by atoms with Gasteiger partial charge in [-0.05, 0) is 42.5 Å². The predicted octanol–water partition coefficient (Wildman–Crippen LogP) is 2.38. The molecular weight excluding hydrogens is 332 g/mol. The molecule has 26 heavy (non-hydrogen) atoms. The van der Waals surface area contributed by atoms with Gasteiger partial charge in [-0.2, -0.15) is 0 Å². The topological polar surface area (TPSA) is 59.1 Å². The number of benzene rings is 1. The van der Waals surface area contributed by atoms with Crippen LogP contribution in [0.5, 0.6) is 11.5 Å². The van der Waals surface area contributed by atoms with Crippen molar-refractivity contribution >= 4 is 11.8 Å². The molecule has 0 atom stereocenters. The Labute approximate surface area is 155 Å². The Morgan fingerprint density at radius 3 is 2.31 bits per heavy atom. The van der Waals surface area contributed by atoms with E-state index in [1.807, 2.05) is 17.0 Å². The number of nitrogens with zero attached hydrogens (tertiary/aromatic N) is 2. The molecule has 0 radical (unpaired) electrons. The molecule has 1 aromatic rings. The molecule has 0 bridgehead atoms. The summed E-state index contributed by atoms with van der Waals surface area (Å²) < 4.78 is 10.7. The van der Waals surface area contributed by atoms with Gasteiger partial charge in [0.25, 0.3) is 0 Å². The second-order valence-electron chi connectivity index (χ2n) is 7.13. The molecule has 0 spiro atoms. The fourth-order valence-electron chi connectivity index (χ4n) is 4.06. The molecule has 0 aromatic heterocycles. The third kappa shape index (κ3) is 3.79. The smallest absolute Gasteiger partial charge is 0.242 e. The summed E-state index contributed by atoms with van der Waals surface area (Å²) >= 11 is 0. The Morgan fingerprint density at radius 1 is 1.12 bits per heavy atom. The molecule has 1 heterocycles. The van der Waals surface area contributed by atoms with Crippen molar-refractivity contribution in [2.75, 3.05) is 27.3 Å². The van der Waals surface area contributed by atoms with Crippen LogP contribution in [0.1, 0.15) is 43.7 Å². The van der Waals surface area contributed by atoms with E-state index in [0.717, 1.165) is 43.4 Å². The van der Waals surface area contributed by atoms with Crippen molar-refractivity contribution in [1.82, 2.24) is 9.80 Å². The van der Waals surface area contributed by atoms with Gasteiger partial charge in [0.2, 0.25) is 11.8 Å². The predicted molar refractivity (Wildman–Crippen MR) is 98.3 cm³/mol. The highest BCUT2D eigenvalue weighted by atomic mass is 16.5. The van der Waals surface area contributed by atoms with Crippen LogP contribution in [0.4, 0.5) is 0 Å². The van der Waals surface area contributed by atoms with Gasteiger partial charge >= 0.3 is 0 Å². The number of hydrogen-bond donors (Lipinski definition) is 0. The number of amides is 2. The van der Waals surface area contributed by atoms with Crippen molar-refractivity contribution < 1.29 is 19.1 Å². The summed E-state index contributed by atoms with van der Waals surface area (Å²) in [6.45, 7) is 2.96. The van der Waals surface area contributed by atoms with E-state index in [1.54, 1.807) is 26.0 Å². The summed E-state index contributed by atoms with van der Waals surface area (Å²) in [4.78, 5) is 28.5. The number of fused-ring (bicyclic) bond motifs is 1. The summed E-state index contributed by atoms with van der Waals surface area (Å²) in [5.41, 5.74) is 2.27. The first-order valence-corrected chi connectivity index (χ1v) is 9.32. The third-order valence-electron chi connectivity index (χ3n) is 5.55. The fourth-order valence-corrected chi connectivity index (χ4v) is 4.06. The van der Waals surface area contributed by atoms with Gasteiger partial charge in [0, 0.05) is 26.1 Å². The van der Waals surface area contributed by atoms with Gasteiger partial charge in [-0.3, -0.25) is 9.59 Å². The number of carbonyl (C=O) groups excluding carboxylic acids is 2. The maximum atomic E-state index is 12.8. The first kappa shape index (κ1) is 18.5. The minimum Gasteiger partial charge on any atom is -0.493 e. The summed E-state index contributed by atoms with van der Waals surface area (Å²) in [7, 11) is 3.24. The number of carbonyl (C=O) groups is 2. The fraction of sp³-hybridized carbons (Fsp3) is 0.600. The molecule has 1 aliphatic heterocycles. The lowest BCUT2D eigenvalue weighted by molar-refractivity contribution is -0.141. The van der Waals surface area contributed by atoms with Crippen LogP contribution in [0.15, 0.2) is 12.1 Å². The minimum atomic E-state index is -0.00550. The van der Waals surface area contributed by atoms with Crippen molar-refractivity contribution in [1.29, 1.82) is 0 Å². The van der Waals surface area contributed by atoms with Gasteiger partial charge in [-0.1, -0.05) is 12.8 Å². The van der Waals surface area contributed by atoms with Crippen LogP contribution in [0.3, 0.4) is 0 Å². The highest BCUT2D eigenvalue weighted by molar-refractivity contribution is 5.84. The van der Waals surface area contributed by atoms with E-state index in [-0.39, 0.29) is 24.4 Å². The molecule has 0 unspecified atom stereocenters. The Morgan fingerprint density at radius 2 is 1.73 bits per heavy atom. The van der Waals surface area contributed by atoms with Crippen molar-refractivity contribution in [3.8, 4) is 11.5 Å². The highest BCUT2D eigenvalue weighted by Crippen LogP contribution is 2.33. The average Bonchev–Trinajstić information content (AvgIpc) is 3.18. The Balaban J connectivity index is 1.71. The number of methoxy groups -OCH3 is 2. The summed E-state index contributed by atoms with van der Waals surface area (Å²) in [6.07, 6.45) is 5.08. The van der Waals surface area contributed by atoms with Crippen molar-refractivity contribution in [2.45, 2.75) is 51.6 Å². The van der Waals surface area contributed by atoms with Gasteiger partial charge in [-0.15, -0.1) is 0 Å². The Bertz CT molecular complexity index is 683. The molecule has 1 aliphatic carbocycles. The molecule has 1 fully saturated rings. The zero-order valence-corrected chi connectivity index (χ0v) is 15.9. The number of hydrogen-bond acceptors (Lipinski definition) is 4. The lowest BCUT2D eigenvalue weighted by Gasteiger charge is -2.33. The normalized spacial score (nSPS) is 17.0. The molecule has 6 heteroatoms. The standard InChI is InChI=1S/C20H28N2O4/c1-14(23)22(17-6-4-5-7-17)13-20(24)21-9-8-15-10-18(25-2)19(26-3)11-16(15)12-21/h10-11,17H,4-9,12-13H2,1-3H3. The van der Waals surface area contributed by atoms with Crippen LogP contribution in [-0.2, 0) is 22.6 Å². The van der Waals surface area contributed by atoms with Crippen LogP contribution in [0.2, 0.25) is 0 Å². The number of rotatable bonds is 5. The largest absolute Gasteiger partial charge is 0.493 e. The molecular formula is C20H28N2O4. The van der Waals surface area contributed by atoms with E-state index < -0.39 is 0 Å². The molecule has 2 amide bonds. The molecule has 0 N–H and O–H groups in total. The molecule has 2 aliphatic rings. The Kier molecular flexibility index (Phi) is 5.69. The average molecular weight is 360 g/mol. The first-order chi connectivity index (χ1) is 12.5. The summed E-state index contributed by atoms with van der Waals surface area (Å²) in [6, 6.07) is 4.17. The van der Waals surface area contributed by atoms with Gasteiger partial charge in [0.05, 0.1) is 14.2 Å². The first-order valence-electron chi connectivity index (χ1n) is 9.32. The highest BCUT2D eigenvalue weighted by Gasteiger charge is 2.29.